The summed E-state index contributed by atoms with van der Waals surface area (Å²) in [6.07, 6.45) is 6.61. The maximum atomic E-state index is 13.1. The van der Waals surface area contributed by atoms with Gasteiger partial charge in [-0.2, -0.15) is 12.7 Å². The highest BCUT2D eigenvalue weighted by Crippen LogP contribution is 2.23. The minimum Gasteiger partial charge on any atom is -0.336 e. The summed E-state index contributed by atoms with van der Waals surface area (Å²) in [4.78, 5) is 18.7. The van der Waals surface area contributed by atoms with Crippen molar-refractivity contribution in [2.75, 3.05) is 26.2 Å². The van der Waals surface area contributed by atoms with Crippen LogP contribution in [0.15, 0.2) is 79.4 Å². The fraction of sp³-hybridized carbons (Fsp3) is 0.167. The topological polar surface area (TPSA) is 75.5 Å². The van der Waals surface area contributed by atoms with Gasteiger partial charge < -0.3 is 4.90 Å². The first-order valence-electron chi connectivity index (χ1n) is 10.5. The molecule has 2 aromatic heterocycles. The summed E-state index contributed by atoms with van der Waals surface area (Å²) in [5.74, 6) is -0.102. The van der Waals surface area contributed by atoms with Crippen molar-refractivity contribution in [3.8, 4) is 11.1 Å². The lowest BCUT2D eigenvalue weighted by Crippen LogP contribution is -2.51. The van der Waals surface area contributed by atoms with Gasteiger partial charge >= 0.3 is 10.2 Å². The van der Waals surface area contributed by atoms with Gasteiger partial charge in [0.05, 0.1) is 0 Å². The van der Waals surface area contributed by atoms with Crippen LogP contribution in [0.2, 0.25) is 5.02 Å². The average Bonchev–Trinajstić information content (AvgIpc) is 3.28. The van der Waals surface area contributed by atoms with Gasteiger partial charge in [-0.15, -0.1) is 0 Å². The van der Waals surface area contributed by atoms with E-state index in [2.05, 4.69) is 4.98 Å². The second kappa shape index (κ2) is 8.62. The molecule has 0 radical (unpaired) electrons. The van der Waals surface area contributed by atoms with Gasteiger partial charge in [0.2, 0.25) is 0 Å². The van der Waals surface area contributed by atoms with Crippen molar-refractivity contribution in [2.24, 2.45) is 0 Å². The van der Waals surface area contributed by atoms with E-state index in [-0.39, 0.29) is 19.0 Å². The molecule has 4 aromatic rings. The Morgan fingerprint density at radius 3 is 2.15 bits per heavy atom. The smallest absolute Gasteiger partial charge is 0.307 e. The summed E-state index contributed by atoms with van der Waals surface area (Å²) in [5.41, 5.74) is 2.62. The SMILES string of the molecule is O=C(c1ccc(-c2ccncc2)cc1)N1CCN(S(=O)(=O)n2cc3ccc(Cl)cc3c2)CC1. The van der Waals surface area contributed by atoms with Gasteiger partial charge in [-0.3, -0.25) is 9.78 Å². The molecule has 168 valence electrons. The van der Waals surface area contributed by atoms with E-state index in [0.717, 1.165) is 21.9 Å². The Morgan fingerprint density at radius 1 is 0.818 bits per heavy atom. The lowest BCUT2D eigenvalue weighted by molar-refractivity contribution is 0.0697. The molecule has 1 saturated heterocycles. The second-order valence-electron chi connectivity index (χ2n) is 7.87. The summed E-state index contributed by atoms with van der Waals surface area (Å²) in [6.45, 7) is 1.13. The van der Waals surface area contributed by atoms with Crippen molar-refractivity contribution >= 4 is 38.5 Å². The Hall–Kier alpha value is -3.20. The van der Waals surface area contributed by atoms with Crippen molar-refractivity contribution in [3.63, 3.8) is 0 Å². The van der Waals surface area contributed by atoms with Crippen LogP contribution in [-0.2, 0) is 10.2 Å². The molecule has 0 atom stereocenters. The van der Waals surface area contributed by atoms with E-state index in [0.29, 0.717) is 23.7 Å². The molecule has 0 bridgehead atoms. The molecule has 7 nitrogen and oxygen atoms in total. The van der Waals surface area contributed by atoms with Gasteiger partial charge in [0, 0.05) is 72.3 Å². The van der Waals surface area contributed by atoms with Gasteiger partial charge in [-0.05, 0) is 47.5 Å². The van der Waals surface area contributed by atoms with Gasteiger partial charge in [0.1, 0.15) is 0 Å². The summed E-state index contributed by atoms with van der Waals surface area (Å²) < 4.78 is 28.8. The van der Waals surface area contributed by atoms with Crippen LogP contribution < -0.4 is 0 Å². The molecule has 0 spiro atoms. The van der Waals surface area contributed by atoms with Crippen LogP contribution in [0.25, 0.3) is 21.9 Å². The van der Waals surface area contributed by atoms with Gasteiger partial charge in [0.25, 0.3) is 5.91 Å². The predicted molar refractivity (Wildman–Crippen MR) is 128 cm³/mol. The third-order valence-electron chi connectivity index (χ3n) is 5.85. The fourth-order valence-electron chi connectivity index (χ4n) is 4.01. The van der Waals surface area contributed by atoms with Gasteiger partial charge in [-0.25, -0.2) is 3.97 Å². The van der Waals surface area contributed by atoms with Crippen molar-refractivity contribution in [1.82, 2.24) is 18.2 Å². The van der Waals surface area contributed by atoms with E-state index in [1.807, 2.05) is 24.3 Å². The molecule has 1 fully saturated rings. The first kappa shape index (κ1) is 21.6. The number of aromatic nitrogens is 2. The lowest BCUT2D eigenvalue weighted by atomic mass is 10.0. The normalized spacial score (nSPS) is 15.1. The van der Waals surface area contributed by atoms with Crippen molar-refractivity contribution < 1.29 is 13.2 Å². The third kappa shape index (κ3) is 4.25. The zero-order valence-corrected chi connectivity index (χ0v) is 19.2. The zero-order chi connectivity index (χ0) is 23.0. The first-order chi connectivity index (χ1) is 15.9. The number of nitrogens with zero attached hydrogens (tertiary/aromatic N) is 4. The number of amides is 1. The largest absolute Gasteiger partial charge is 0.336 e. The van der Waals surface area contributed by atoms with Crippen LogP contribution in [-0.4, -0.2) is 58.7 Å². The zero-order valence-electron chi connectivity index (χ0n) is 17.6. The molecule has 0 saturated carbocycles. The summed E-state index contributed by atoms with van der Waals surface area (Å²) >= 11 is 6.02. The maximum Gasteiger partial charge on any atom is 0.307 e. The Labute approximate surface area is 197 Å². The number of carbonyl (C=O) groups excluding carboxylic acids is 1. The summed E-state index contributed by atoms with van der Waals surface area (Å²) in [5, 5.41) is 2.11. The van der Waals surface area contributed by atoms with Gasteiger partial charge in [-0.1, -0.05) is 29.8 Å². The predicted octanol–water partition coefficient (Wildman–Crippen LogP) is 3.91. The Balaban J connectivity index is 1.26. The van der Waals surface area contributed by atoms with Crippen molar-refractivity contribution in [3.05, 3.63) is 90.0 Å². The maximum absolute atomic E-state index is 13.1. The minimum absolute atomic E-state index is 0.102. The summed E-state index contributed by atoms with van der Waals surface area (Å²) in [7, 11) is -3.72. The van der Waals surface area contributed by atoms with Gasteiger partial charge in [0.15, 0.2) is 0 Å². The van der Waals surface area contributed by atoms with E-state index < -0.39 is 10.2 Å². The number of benzene rings is 2. The molecule has 1 aliphatic rings. The van der Waals surface area contributed by atoms with E-state index in [1.165, 1.54) is 8.28 Å². The highest BCUT2D eigenvalue weighted by Gasteiger charge is 2.30. The lowest BCUT2D eigenvalue weighted by Gasteiger charge is -2.34. The van der Waals surface area contributed by atoms with E-state index in [1.54, 1.807) is 60.0 Å². The van der Waals surface area contributed by atoms with Crippen molar-refractivity contribution in [2.45, 2.75) is 0 Å². The molecule has 0 unspecified atom stereocenters. The minimum atomic E-state index is -3.72. The second-order valence-corrected chi connectivity index (χ2v) is 10.1. The molecule has 1 aliphatic heterocycles. The summed E-state index contributed by atoms with van der Waals surface area (Å²) in [6, 6.07) is 16.5. The van der Waals surface area contributed by atoms with E-state index in [4.69, 9.17) is 11.6 Å². The molecule has 0 aliphatic carbocycles. The first-order valence-corrected chi connectivity index (χ1v) is 12.3. The Bertz CT molecular complexity index is 1410. The van der Waals surface area contributed by atoms with Crippen LogP contribution in [0.4, 0.5) is 0 Å². The van der Waals surface area contributed by atoms with E-state index >= 15 is 0 Å². The monoisotopic (exact) mass is 480 g/mol. The van der Waals surface area contributed by atoms with Crippen LogP contribution in [0.3, 0.4) is 0 Å². The van der Waals surface area contributed by atoms with Crippen LogP contribution >= 0.6 is 11.6 Å². The molecule has 1 amide bonds. The number of carbonyl (C=O) groups is 1. The van der Waals surface area contributed by atoms with E-state index in [9.17, 15) is 13.2 Å². The van der Waals surface area contributed by atoms with Crippen LogP contribution in [0.5, 0.6) is 0 Å². The number of piperazine rings is 1. The van der Waals surface area contributed by atoms with Crippen LogP contribution in [0.1, 0.15) is 10.4 Å². The Morgan fingerprint density at radius 2 is 1.45 bits per heavy atom. The fourth-order valence-corrected chi connectivity index (χ4v) is 5.57. The van der Waals surface area contributed by atoms with Crippen LogP contribution in [0, 0.1) is 0 Å². The molecular formula is C24H21ClN4O3S. The molecule has 0 N–H and O–H groups in total. The Kier molecular flexibility index (Phi) is 5.65. The van der Waals surface area contributed by atoms with Crippen molar-refractivity contribution in [1.29, 1.82) is 0 Å². The average molecular weight is 481 g/mol. The highest BCUT2D eigenvalue weighted by molar-refractivity contribution is 7.87. The highest BCUT2D eigenvalue weighted by atomic mass is 35.5. The number of pyridine rings is 1. The molecule has 3 heterocycles. The quantitative estimate of drug-likeness (QED) is 0.444. The molecule has 9 heteroatoms. The number of halogens is 1. The number of hydrogen-bond acceptors (Lipinski definition) is 4. The third-order valence-corrected chi connectivity index (χ3v) is 7.84. The molecular weight excluding hydrogens is 460 g/mol. The number of rotatable bonds is 4. The molecule has 33 heavy (non-hydrogen) atoms. The molecule has 5 rings (SSSR count). The number of fused-ring (bicyclic) bond motifs is 1. The number of hydrogen-bond donors (Lipinski definition) is 0. The standard InChI is InChI=1S/C24H21ClN4O3S/c25-23-6-5-21-16-29(17-22(21)15-23)33(31,32)28-13-11-27(12-14-28)24(30)20-3-1-18(2-4-20)19-7-9-26-10-8-19/h1-10,15-17H,11-14H2. The molecule has 2 aromatic carbocycles.